The summed E-state index contributed by atoms with van der Waals surface area (Å²) in [6.45, 7) is 2.28. The molecular weight excluding hydrogens is 458 g/mol. The molecule has 1 aromatic heterocycles. The predicted molar refractivity (Wildman–Crippen MR) is 140 cm³/mol. The van der Waals surface area contributed by atoms with Crippen LogP contribution in [-0.4, -0.2) is 24.2 Å². The quantitative estimate of drug-likeness (QED) is 0.350. The van der Waals surface area contributed by atoms with Crippen LogP contribution >= 0.6 is 11.3 Å². The molecular formula is C28H27N3O3S. The van der Waals surface area contributed by atoms with Crippen molar-refractivity contribution in [3.63, 3.8) is 0 Å². The van der Waals surface area contributed by atoms with Gasteiger partial charge in [-0.05, 0) is 67.8 Å². The van der Waals surface area contributed by atoms with Gasteiger partial charge in [0.1, 0.15) is 11.5 Å². The summed E-state index contributed by atoms with van der Waals surface area (Å²) < 4.78 is 13.1. The van der Waals surface area contributed by atoms with E-state index in [9.17, 15) is 4.79 Å². The second-order valence-corrected chi connectivity index (χ2v) is 9.34. The molecule has 0 radical (unpaired) electrons. The minimum absolute atomic E-state index is 0.0478. The van der Waals surface area contributed by atoms with Crippen LogP contribution in [0.25, 0.3) is 11.3 Å². The van der Waals surface area contributed by atoms with Gasteiger partial charge in [0.15, 0.2) is 11.4 Å². The molecule has 0 aliphatic carbocycles. The summed E-state index contributed by atoms with van der Waals surface area (Å²) in [5.41, 5.74) is 4.95. The molecule has 4 aromatic rings. The van der Waals surface area contributed by atoms with E-state index in [0.29, 0.717) is 11.4 Å². The number of hydrogen-bond donors (Lipinski definition) is 1. The lowest BCUT2D eigenvalue weighted by Gasteiger charge is -2.21. The third-order valence-electron chi connectivity index (χ3n) is 6.08. The van der Waals surface area contributed by atoms with Gasteiger partial charge in [0.25, 0.3) is 5.91 Å². The van der Waals surface area contributed by atoms with Crippen LogP contribution in [0.2, 0.25) is 0 Å². The number of anilines is 1. The number of aryl methyl sites for hydroxylation is 1. The number of benzene rings is 3. The van der Waals surface area contributed by atoms with E-state index in [2.05, 4.69) is 46.5 Å². The lowest BCUT2D eigenvalue weighted by atomic mass is 10.0. The second kappa shape index (κ2) is 10.2. The van der Waals surface area contributed by atoms with Gasteiger partial charge in [0.2, 0.25) is 0 Å². The van der Waals surface area contributed by atoms with Crippen molar-refractivity contribution in [1.82, 2.24) is 4.57 Å². The highest BCUT2D eigenvalue weighted by Crippen LogP contribution is 2.34. The zero-order valence-corrected chi connectivity index (χ0v) is 20.5. The Morgan fingerprint density at radius 2 is 1.91 bits per heavy atom. The third kappa shape index (κ3) is 5.15. The molecule has 6 nitrogen and oxygen atoms in total. The molecule has 1 unspecified atom stereocenters. The van der Waals surface area contributed by atoms with E-state index in [0.717, 1.165) is 40.3 Å². The van der Waals surface area contributed by atoms with E-state index in [1.54, 1.807) is 18.4 Å². The molecule has 1 atom stereocenters. The number of aromatic nitrogens is 1. The SMILES string of the molecule is COc1ccc(N=c2scc(-c3ccc4c(c3)NC(=O)CO4)n2C(C)CCc2ccccc2)cc1. The van der Waals surface area contributed by atoms with E-state index >= 15 is 0 Å². The van der Waals surface area contributed by atoms with Crippen molar-refractivity contribution in [2.75, 3.05) is 19.0 Å². The molecule has 0 bridgehead atoms. The van der Waals surface area contributed by atoms with Crippen molar-refractivity contribution in [2.45, 2.75) is 25.8 Å². The van der Waals surface area contributed by atoms with Crippen LogP contribution in [0.3, 0.4) is 0 Å². The largest absolute Gasteiger partial charge is 0.497 e. The van der Waals surface area contributed by atoms with Gasteiger partial charge >= 0.3 is 0 Å². The highest BCUT2D eigenvalue weighted by Gasteiger charge is 2.19. The van der Waals surface area contributed by atoms with Crippen molar-refractivity contribution in [3.05, 3.63) is 88.5 Å². The van der Waals surface area contributed by atoms with Crippen molar-refractivity contribution in [2.24, 2.45) is 4.99 Å². The van der Waals surface area contributed by atoms with Crippen LogP contribution in [0.15, 0.2) is 83.2 Å². The minimum Gasteiger partial charge on any atom is -0.497 e. The van der Waals surface area contributed by atoms with Crippen molar-refractivity contribution in [3.8, 4) is 22.8 Å². The fourth-order valence-electron chi connectivity index (χ4n) is 4.20. The van der Waals surface area contributed by atoms with Gasteiger partial charge in [0.05, 0.1) is 24.2 Å². The maximum absolute atomic E-state index is 11.9. The van der Waals surface area contributed by atoms with Crippen LogP contribution < -0.4 is 19.6 Å². The lowest BCUT2D eigenvalue weighted by Crippen LogP contribution is -2.25. The van der Waals surface area contributed by atoms with E-state index in [-0.39, 0.29) is 18.6 Å². The topological polar surface area (TPSA) is 64.8 Å². The van der Waals surface area contributed by atoms with E-state index in [1.807, 2.05) is 48.5 Å². The molecule has 1 aliphatic rings. The zero-order valence-electron chi connectivity index (χ0n) is 19.7. The highest BCUT2D eigenvalue weighted by molar-refractivity contribution is 7.07. The number of carbonyl (C=O) groups is 1. The summed E-state index contributed by atoms with van der Waals surface area (Å²) in [6.07, 6.45) is 1.94. The molecule has 5 rings (SSSR count). The first kappa shape index (κ1) is 22.9. The average Bonchev–Trinajstić information content (AvgIpc) is 3.31. The standard InChI is InChI=1S/C28H27N3O3S/c1-19(8-9-20-6-4-3-5-7-20)31-25(21-10-15-26-24(16-21)30-27(32)17-34-26)18-35-28(31)29-22-11-13-23(33-2)14-12-22/h3-7,10-16,18-19H,8-9,17H2,1-2H3,(H,30,32). The number of nitrogens with zero attached hydrogens (tertiary/aromatic N) is 2. The Morgan fingerprint density at radius 3 is 2.69 bits per heavy atom. The molecule has 1 amide bonds. The summed E-state index contributed by atoms with van der Waals surface area (Å²) in [5.74, 6) is 1.35. The normalized spacial score (nSPS) is 14.1. The summed E-state index contributed by atoms with van der Waals surface area (Å²) >= 11 is 1.61. The molecule has 35 heavy (non-hydrogen) atoms. The smallest absolute Gasteiger partial charge is 0.262 e. The molecule has 178 valence electrons. The number of methoxy groups -OCH3 is 1. The Hall–Kier alpha value is -3.84. The predicted octanol–water partition coefficient (Wildman–Crippen LogP) is 5.98. The summed E-state index contributed by atoms with van der Waals surface area (Å²) in [5, 5.41) is 5.05. The molecule has 0 fully saturated rings. The molecule has 0 saturated heterocycles. The number of carbonyl (C=O) groups excluding carboxylic acids is 1. The minimum atomic E-state index is -0.140. The van der Waals surface area contributed by atoms with Gasteiger partial charge in [-0.2, -0.15) is 0 Å². The van der Waals surface area contributed by atoms with Gasteiger partial charge in [-0.15, -0.1) is 11.3 Å². The maximum Gasteiger partial charge on any atom is 0.262 e. The second-order valence-electron chi connectivity index (χ2n) is 8.50. The molecule has 1 aliphatic heterocycles. The maximum atomic E-state index is 11.9. The average molecular weight is 486 g/mol. The van der Waals surface area contributed by atoms with Crippen LogP contribution in [-0.2, 0) is 11.2 Å². The molecule has 0 saturated carbocycles. The molecule has 2 heterocycles. The number of thiazole rings is 1. The van der Waals surface area contributed by atoms with Gasteiger partial charge < -0.3 is 19.4 Å². The number of amides is 1. The lowest BCUT2D eigenvalue weighted by molar-refractivity contribution is -0.118. The molecule has 3 aromatic carbocycles. The molecule has 0 spiro atoms. The summed E-state index contributed by atoms with van der Waals surface area (Å²) in [7, 11) is 1.66. The number of fused-ring (bicyclic) bond motifs is 1. The van der Waals surface area contributed by atoms with Gasteiger partial charge in [0, 0.05) is 17.0 Å². The Morgan fingerprint density at radius 1 is 1.11 bits per heavy atom. The van der Waals surface area contributed by atoms with Crippen LogP contribution in [0.4, 0.5) is 11.4 Å². The summed E-state index contributed by atoms with van der Waals surface area (Å²) in [4.78, 5) is 17.7. The highest BCUT2D eigenvalue weighted by atomic mass is 32.1. The van der Waals surface area contributed by atoms with Crippen molar-refractivity contribution in [1.29, 1.82) is 0 Å². The van der Waals surface area contributed by atoms with Gasteiger partial charge in [-0.3, -0.25) is 4.79 Å². The van der Waals surface area contributed by atoms with Gasteiger partial charge in [-0.25, -0.2) is 4.99 Å². The van der Waals surface area contributed by atoms with Crippen LogP contribution in [0.1, 0.15) is 24.9 Å². The Labute approximate surface area is 208 Å². The first-order valence-electron chi connectivity index (χ1n) is 11.6. The Bertz CT molecular complexity index is 1390. The van der Waals surface area contributed by atoms with Crippen molar-refractivity contribution >= 4 is 28.6 Å². The fraction of sp³-hybridized carbons (Fsp3) is 0.214. The monoisotopic (exact) mass is 485 g/mol. The third-order valence-corrected chi connectivity index (χ3v) is 6.92. The van der Waals surface area contributed by atoms with E-state index in [4.69, 9.17) is 14.5 Å². The number of ether oxygens (including phenoxy) is 2. The molecule has 7 heteroatoms. The number of nitrogens with one attached hydrogen (secondary N) is 1. The van der Waals surface area contributed by atoms with Crippen molar-refractivity contribution < 1.29 is 14.3 Å². The fourth-order valence-corrected chi connectivity index (χ4v) is 5.21. The zero-order chi connectivity index (χ0) is 24.2. The molecule has 1 N–H and O–H groups in total. The first-order valence-corrected chi connectivity index (χ1v) is 12.5. The number of rotatable bonds is 7. The van der Waals surface area contributed by atoms with Crippen LogP contribution in [0, 0.1) is 0 Å². The number of hydrogen-bond acceptors (Lipinski definition) is 5. The van der Waals surface area contributed by atoms with E-state index in [1.165, 1.54) is 5.56 Å². The first-order chi connectivity index (χ1) is 17.1. The van der Waals surface area contributed by atoms with Gasteiger partial charge in [-0.1, -0.05) is 30.3 Å². The Kier molecular flexibility index (Phi) is 6.68. The summed E-state index contributed by atoms with van der Waals surface area (Å²) in [6, 6.07) is 24.4. The Balaban J connectivity index is 1.54. The van der Waals surface area contributed by atoms with Crippen LogP contribution in [0.5, 0.6) is 11.5 Å². The van der Waals surface area contributed by atoms with E-state index < -0.39 is 0 Å².